The highest BCUT2D eigenvalue weighted by Crippen LogP contribution is 2.14. The lowest BCUT2D eigenvalue weighted by Crippen LogP contribution is -2.30. The minimum Gasteiger partial charge on any atom is -0.326 e. The summed E-state index contributed by atoms with van der Waals surface area (Å²) in [5, 5.41) is 5.75. The summed E-state index contributed by atoms with van der Waals surface area (Å²) in [5.74, 6) is 0.0503. The van der Waals surface area contributed by atoms with Gasteiger partial charge in [0.15, 0.2) is 0 Å². The first-order valence-electron chi connectivity index (χ1n) is 8.09. The first-order valence-corrected chi connectivity index (χ1v) is 8.09. The van der Waals surface area contributed by atoms with E-state index in [1.54, 1.807) is 0 Å². The zero-order valence-electron chi connectivity index (χ0n) is 13.2. The second kappa shape index (κ2) is 8.54. The molecule has 120 valence electrons. The summed E-state index contributed by atoms with van der Waals surface area (Å²) in [6, 6.07) is 7.26. The zero-order valence-corrected chi connectivity index (χ0v) is 13.2. The van der Waals surface area contributed by atoms with Crippen LogP contribution in [-0.4, -0.2) is 36.3 Å². The third-order valence-electron chi connectivity index (χ3n) is 3.78. The average Bonchev–Trinajstić information content (AvgIpc) is 3.00. The van der Waals surface area contributed by atoms with Crippen molar-refractivity contribution < 1.29 is 9.59 Å². The van der Waals surface area contributed by atoms with E-state index in [2.05, 4.69) is 22.5 Å². The van der Waals surface area contributed by atoms with Crippen molar-refractivity contribution in [2.45, 2.75) is 39.0 Å². The number of amides is 2. The number of likely N-dealkylation sites (tertiary alicyclic amines) is 1. The fourth-order valence-corrected chi connectivity index (χ4v) is 2.54. The minimum absolute atomic E-state index is 0.0154. The van der Waals surface area contributed by atoms with Crippen LogP contribution < -0.4 is 10.6 Å². The molecule has 0 radical (unpaired) electrons. The summed E-state index contributed by atoms with van der Waals surface area (Å²) < 4.78 is 0. The quantitative estimate of drug-likeness (QED) is 0.814. The maximum absolute atomic E-state index is 11.9. The highest BCUT2D eigenvalue weighted by atomic mass is 16.2. The van der Waals surface area contributed by atoms with Crippen LogP contribution in [0, 0.1) is 0 Å². The molecule has 1 aromatic carbocycles. The van der Waals surface area contributed by atoms with Gasteiger partial charge in [0.2, 0.25) is 11.8 Å². The topological polar surface area (TPSA) is 61.4 Å². The van der Waals surface area contributed by atoms with Gasteiger partial charge in [0, 0.05) is 17.8 Å². The van der Waals surface area contributed by atoms with Gasteiger partial charge < -0.3 is 10.6 Å². The number of hydrogen-bond acceptors (Lipinski definition) is 3. The Morgan fingerprint density at radius 2 is 1.55 bits per heavy atom. The molecule has 2 amide bonds. The smallest absolute Gasteiger partial charge is 0.238 e. The molecule has 22 heavy (non-hydrogen) atoms. The number of nitrogens with zero attached hydrogens (tertiary/aromatic N) is 1. The second-order valence-corrected chi connectivity index (χ2v) is 5.76. The van der Waals surface area contributed by atoms with Gasteiger partial charge in [0.05, 0.1) is 6.54 Å². The van der Waals surface area contributed by atoms with Crippen LogP contribution in [0.1, 0.15) is 39.0 Å². The Labute approximate surface area is 132 Å². The largest absolute Gasteiger partial charge is 0.326 e. The van der Waals surface area contributed by atoms with Crippen LogP contribution >= 0.6 is 0 Å². The monoisotopic (exact) mass is 303 g/mol. The fraction of sp³-hybridized carbons (Fsp3) is 0.529. The van der Waals surface area contributed by atoms with E-state index in [9.17, 15) is 9.59 Å². The van der Waals surface area contributed by atoms with Crippen molar-refractivity contribution >= 4 is 23.2 Å². The molecule has 0 aromatic heterocycles. The van der Waals surface area contributed by atoms with Crippen molar-refractivity contribution in [1.82, 2.24) is 4.90 Å². The van der Waals surface area contributed by atoms with Crippen LogP contribution in [0.4, 0.5) is 11.4 Å². The Morgan fingerprint density at radius 1 is 1.00 bits per heavy atom. The standard InChI is InChI=1S/C17H25N3O2/c1-2-3-6-16(21)18-14-7-9-15(10-8-14)19-17(22)13-20-11-4-5-12-20/h7-10H,2-6,11-13H2,1H3,(H,18,21)(H,19,22). The van der Waals surface area contributed by atoms with Gasteiger partial charge in [-0.15, -0.1) is 0 Å². The summed E-state index contributed by atoms with van der Waals surface area (Å²) in [5.41, 5.74) is 1.52. The molecule has 1 heterocycles. The van der Waals surface area contributed by atoms with Crippen LogP contribution in [0.3, 0.4) is 0 Å². The van der Waals surface area contributed by atoms with E-state index in [-0.39, 0.29) is 11.8 Å². The Bertz CT molecular complexity index is 493. The number of unbranched alkanes of at least 4 members (excludes halogenated alkanes) is 1. The van der Waals surface area contributed by atoms with Gasteiger partial charge in [0.1, 0.15) is 0 Å². The van der Waals surface area contributed by atoms with Crippen LogP contribution in [0.5, 0.6) is 0 Å². The predicted octanol–water partition coefficient (Wildman–Crippen LogP) is 2.85. The number of rotatable bonds is 7. The summed E-state index contributed by atoms with van der Waals surface area (Å²) in [4.78, 5) is 25.7. The molecule has 5 nitrogen and oxygen atoms in total. The lowest BCUT2D eigenvalue weighted by molar-refractivity contribution is -0.117. The molecule has 5 heteroatoms. The van der Waals surface area contributed by atoms with Crippen molar-refractivity contribution in [1.29, 1.82) is 0 Å². The van der Waals surface area contributed by atoms with Gasteiger partial charge in [0.25, 0.3) is 0 Å². The molecule has 0 bridgehead atoms. The summed E-state index contributed by atoms with van der Waals surface area (Å²) in [6.45, 7) is 4.54. The van der Waals surface area contributed by atoms with Crippen molar-refractivity contribution in [3.63, 3.8) is 0 Å². The molecule has 0 spiro atoms. The maximum Gasteiger partial charge on any atom is 0.238 e. The summed E-state index contributed by atoms with van der Waals surface area (Å²) in [7, 11) is 0. The number of carbonyl (C=O) groups excluding carboxylic acids is 2. The van der Waals surface area contributed by atoms with E-state index in [0.717, 1.165) is 37.3 Å². The van der Waals surface area contributed by atoms with Gasteiger partial charge in [-0.25, -0.2) is 0 Å². The van der Waals surface area contributed by atoms with E-state index >= 15 is 0 Å². The summed E-state index contributed by atoms with van der Waals surface area (Å²) >= 11 is 0. The highest BCUT2D eigenvalue weighted by molar-refractivity contribution is 5.93. The minimum atomic E-state index is 0.0154. The van der Waals surface area contributed by atoms with Gasteiger partial charge in [-0.2, -0.15) is 0 Å². The molecular formula is C17H25N3O2. The third kappa shape index (κ3) is 5.48. The van der Waals surface area contributed by atoms with Crippen molar-refractivity contribution in [2.24, 2.45) is 0 Å². The molecule has 2 rings (SSSR count). The fourth-order valence-electron chi connectivity index (χ4n) is 2.54. The number of anilines is 2. The SMILES string of the molecule is CCCCC(=O)Nc1ccc(NC(=O)CN2CCCC2)cc1. The average molecular weight is 303 g/mol. The molecule has 0 atom stereocenters. The van der Waals surface area contributed by atoms with E-state index in [0.29, 0.717) is 13.0 Å². The van der Waals surface area contributed by atoms with Crippen LogP contribution in [0.25, 0.3) is 0 Å². The predicted molar refractivity (Wildman–Crippen MR) is 88.9 cm³/mol. The van der Waals surface area contributed by atoms with Gasteiger partial charge in [-0.05, 0) is 56.6 Å². The van der Waals surface area contributed by atoms with E-state index < -0.39 is 0 Å². The van der Waals surface area contributed by atoms with Gasteiger partial charge in [-0.1, -0.05) is 13.3 Å². The Kier molecular flexibility index (Phi) is 6.40. The molecule has 0 aliphatic carbocycles. The van der Waals surface area contributed by atoms with E-state index in [4.69, 9.17) is 0 Å². The number of benzene rings is 1. The number of carbonyl (C=O) groups is 2. The molecule has 1 aliphatic heterocycles. The summed E-state index contributed by atoms with van der Waals surface area (Å²) in [6.07, 6.45) is 4.82. The number of nitrogens with one attached hydrogen (secondary N) is 2. The normalized spacial score (nSPS) is 14.8. The van der Waals surface area contributed by atoms with Crippen LogP contribution in [0.2, 0.25) is 0 Å². The molecule has 0 unspecified atom stereocenters. The van der Waals surface area contributed by atoms with E-state index in [1.807, 2.05) is 24.3 Å². The molecule has 1 aliphatic rings. The molecular weight excluding hydrogens is 278 g/mol. The van der Waals surface area contributed by atoms with Crippen LogP contribution in [-0.2, 0) is 9.59 Å². The van der Waals surface area contributed by atoms with Crippen LogP contribution in [0.15, 0.2) is 24.3 Å². The Balaban J connectivity index is 1.78. The Morgan fingerprint density at radius 3 is 2.09 bits per heavy atom. The Hall–Kier alpha value is -1.88. The molecule has 1 aromatic rings. The maximum atomic E-state index is 11.9. The molecule has 1 saturated heterocycles. The van der Waals surface area contributed by atoms with Crippen molar-refractivity contribution in [3.8, 4) is 0 Å². The van der Waals surface area contributed by atoms with Crippen molar-refractivity contribution in [3.05, 3.63) is 24.3 Å². The van der Waals surface area contributed by atoms with Gasteiger partial charge in [-0.3, -0.25) is 14.5 Å². The molecule has 2 N–H and O–H groups in total. The molecule has 1 fully saturated rings. The first-order chi connectivity index (χ1) is 10.7. The van der Waals surface area contributed by atoms with Crippen molar-refractivity contribution in [2.75, 3.05) is 30.3 Å². The second-order valence-electron chi connectivity index (χ2n) is 5.76. The van der Waals surface area contributed by atoms with E-state index in [1.165, 1.54) is 12.8 Å². The molecule has 0 saturated carbocycles. The third-order valence-corrected chi connectivity index (χ3v) is 3.78. The lowest BCUT2D eigenvalue weighted by atomic mass is 10.2. The first kappa shape index (κ1) is 16.5. The van der Waals surface area contributed by atoms with Gasteiger partial charge >= 0.3 is 0 Å². The lowest BCUT2D eigenvalue weighted by Gasteiger charge is -2.14. The number of hydrogen-bond donors (Lipinski definition) is 2. The highest BCUT2D eigenvalue weighted by Gasteiger charge is 2.14. The zero-order chi connectivity index (χ0) is 15.8.